The van der Waals surface area contributed by atoms with Crippen molar-refractivity contribution in [2.45, 2.75) is 57.7 Å². The maximum Gasteiger partial charge on any atom is 0.255 e. The first-order valence-electron chi connectivity index (χ1n) is 10.8. The molecule has 2 saturated heterocycles. The van der Waals surface area contributed by atoms with E-state index in [-0.39, 0.29) is 24.1 Å². The summed E-state index contributed by atoms with van der Waals surface area (Å²) in [6.45, 7) is 4.43. The minimum absolute atomic E-state index is 0.109. The molecule has 3 aliphatic heterocycles. The van der Waals surface area contributed by atoms with Crippen LogP contribution in [0.15, 0.2) is 18.2 Å². The summed E-state index contributed by atoms with van der Waals surface area (Å²) in [7, 11) is 0. The van der Waals surface area contributed by atoms with Crippen LogP contribution in [-0.4, -0.2) is 48.3 Å². The van der Waals surface area contributed by atoms with Crippen molar-refractivity contribution in [1.82, 2.24) is 20.9 Å². The van der Waals surface area contributed by atoms with Crippen LogP contribution in [0.2, 0.25) is 0 Å². The van der Waals surface area contributed by atoms with Gasteiger partial charge in [0.15, 0.2) is 0 Å². The third kappa shape index (κ3) is 4.51. The topological polar surface area (TPSA) is 90.5 Å². The molecule has 3 amide bonds. The molecule has 0 bridgehead atoms. The molecule has 7 heteroatoms. The Labute approximate surface area is 171 Å². The Morgan fingerprint density at radius 2 is 1.93 bits per heavy atom. The van der Waals surface area contributed by atoms with E-state index in [4.69, 9.17) is 0 Å². The zero-order valence-corrected chi connectivity index (χ0v) is 16.8. The van der Waals surface area contributed by atoms with Gasteiger partial charge in [-0.2, -0.15) is 0 Å². The summed E-state index contributed by atoms with van der Waals surface area (Å²) in [5.41, 5.74) is 2.81. The van der Waals surface area contributed by atoms with Gasteiger partial charge in [-0.25, -0.2) is 0 Å². The number of hydrogen-bond acceptors (Lipinski definition) is 5. The molecule has 2 fully saturated rings. The number of benzene rings is 1. The summed E-state index contributed by atoms with van der Waals surface area (Å²) in [5, 5.41) is 9.29. The number of piperidine rings is 2. The molecular weight excluding hydrogens is 368 g/mol. The molecule has 0 aromatic heterocycles. The van der Waals surface area contributed by atoms with Crippen LogP contribution in [0.5, 0.6) is 0 Å². The molecule has 0 radical (unpaired) electrons. The van der Waals surface area contributed by atoms with Crippen LogP contribution in [0.1, 0.15) is 60.0 Å². The lowest BCUT2D eigenvalue weighted by molar-refractivity contribution is -0.136. The highest BCUT2D eigenvalue weighted by atomic mass is 16.2. The van der Waals surface area contributed by atoms with Gasteiger partial charge in [-0.3, -0.25) is 19.7 Å². The smallest absolute Gasteiger partial charge is 0.255 e. The van der Waals surface area contributed by atoms with Gasteiger partial charge in [0.25, 0.3) is 5.91 Å². The summed E-state index contributed by atoms with van der Waals surface area (Å²) in [4.78, 5) is 38.1. The molecule has 3 N–H and O–H groups in total. The predicted octanol–water partition coefficient (Wildman–Crippen LogP) is 1.32. The first kappa shape index (κ1) is 20.0. The van der Waals surface area contributed by atoms with Crippen LogP contribution in [0.4, 0.5) is 0 Å². The molecule has 0 aliphatic carbocycles. The highest BCUT2D eigenvalue weighted by molar-refractivity contribution is 6.05. The second kappa shape index (κ2) is 9.05. The first-order chi connectivity index (χ1) is 14.1. The van der Waals surface area contributed by atoms with Gasteiger partial charge in [0.2, 0.25) is 11.8 Å². The van der Waals surface area contributed by atoms with E-state index in [1.54, 1.807) is 4.90 Å². The summed E-state index contributed by atoms with van der Waals surface area (Å²) in [6.07, 6.45) is 5.68. The minimum Gasteiger partial charge on any atom is -0.322 e. The molecule has 29 heavy (non-hydrogen) atoms. The number of nitrogens with one attached hydrogen (secondary N) is 3. The molecule has 7 nitrogen and oxygen atoms in total. The normalized spacial score (nSPS) is 22.7. The highest BCUT2D eigenvalue weighted by Crippen LogP contribution is 2.29. The van der Waals surface area contributed by atoms with Crippen LogP contribution < -0.4 is 16.0 Å². The average molecular weight is 399 g/mol. The maximum absolute atomic E-state index is 12.9. The van der Waals surface area contributed by atoms with Crippen LogP contribution in [-0.2, 0) is 22.7 Å². The largest absolute Gasteiger partial charge is 0.322 e. The monoisotopic (exact) mass is 398 g/mol. The number of carbonyl (C=O) groups is 3. The Morgan fingerprint density at radius 3 is 2.72 bits per heavy atom. The zero-order valence-electron chi connectivity index (χ0n) is 16.8. The Balaban J connectivity index is 1.32. The van der Waals surface area contributed by atoms with E-state index in [1.165, 1.54) is 25.7 Å². The fourth-order valence-electron chi connectivity index (χ4n) is 4.72. The number of imide groups is 1. The zero-order chi connectivity index (χ0) is 20.2. The van der Waals surface area contributed by atoms with Gasteiger partial charge in [0, 0.05) is 25.1 Å². The SMILES string of the molecule is O=C1CCC(N2Cc3c(CNCCCC4CCNCC4)cccc3C2=O)C(=O)N1. The van der Waals surface area contributed by atoms with Crippen molar-refractivity contribution in [3.8, 4) is 0 Å². The van der Waals surface area contributed by atoms with Crippen LogP contribution in [0, 0.1) is 5.92 Å². The lowest BCUT2D eigenvalue weighted by atomic mass is 9.93. The fourth-order valence-corrected chi connectivity index (χ4v) is 4.72. The third-order valence-corrected chi connectivity index (χ3v) is 6.42. The van der Waals surface area contributed by atoms with E-state index < -0.39 is 6.04 Å². The van der Waals surface area contributed by atoms with Crippen molar-refractivity contribution in [3.63, 3.8) is 0 Å². The van der Waals surface area contributed by atoms with Gasteiger partial charge in [0.1, 0.15) is 6.04 Å². The van der Waals surface area contributed by atoms with Gasteiger partial charge in [0.05, 0.1) is 0 Å². The van der Waals surface area contributed by atoms with Crippen LogP contribution >= 0.6 is 0 Å². The van der Waals surface area contributed by atoms with E-state index >= 15 is 0 Å². The van der Waals surface area contributed by atoms with Crippen molar-refractivity contribution in [1.29, 1.82) is 0 Å². The Hall–Kier alpha value is -2.25. The van der Waals surface area contributed by atoms with Crippen molar-refractivity contribution >= 4 is 17.7 Å². The van der Waals surface area contributed by atoms with E-state index in [0.29, 0.717) is 18.5 Å². The van der Waals surface area contributed by atoms with Gasteiger partial charge in [-0.05, 0) is 74.8 Å². The van der Waals surface area contributed by atoms with Gasteiger partial charge < -0.3 is 15.5 Å². The fraction of sp³-hybridized carbons (Fsp3) is 0.591. The van der Waals surface area contributed by atoms with E-state index in [9.17, 15) is 14.4 Å². The van der Waals surface area contributed by atoms with E-state index in [2.05, 4.69) is 22.0 Å². The number of hydrogen-bond donors (Lipinski definition) is 3. The average Bonchev–Trinajstić information content (AvgIpc) is 3.06. The summed E-state index contributed by atoms with van der Waals surface area (Å²) in [5.74, 6) is 0.116. The first-order valence-corrected chi connectivity index (χ1v) is 10.8. The molecule has 1 aromatic carbocycles. The van der Waals surface area contributed by atoms with E-state index in [0.717, 1.165) is 43.2 Å². The van der Waals surface area contributed by atoms with Gasteiger partial charge in [-0.1, -0.05) is 12.1 Å². The van der Waals surface area contributed by atoms with Crippen molar-refractivity contribution in [2.75, 3.05) is 19.6 Å². The van der Waals surface area contributed by atoms with Crippen molar-refractivity contribution < 1.29 is 14.4 Å². The molecule has 1 unspecified atom stereocenters. The van der Waals surface area contributed by atoms with Crippen LogP contribution in [0.3, 0.4) is 0 Å². The maximum atomic E-state index is 12.9. The molecule has 4 rings (SSSR count). The van der Waals surface area contributed by atoms with Crippen molar-refractivity contribution in [2.24, 2.45) is 5.92 Å². The lowest BCUT2D eigenvalue weighted by Gasteiger charge is -2.29. The van der Waals surface area contributed by atoms with Gasteiger partial charge in [-0.15, -0.1) is 0 Å². The Morgan fingerprint density at radius 1 is 1.10 bits per heavy atom. The minimum atomic E-state index is -0.557. The standard InChI is InChI=1S/C22H30N4O3/c27-20-7-6-19(21(28)25-20)26-14-18-16(4-1-5-17(18)22(26)29)13-24-10-2-3-15-8-11-23-12-9-15/h1,4-5,15,19,23-24H,2-3,6-14H2,(H,25,27,28). The number of carbonyl (C=O) groups excluding carboxylic acids is 3. The Kier molecular flexibility index (Phi) is 6.25. The summed E-state index contributed by atoms with van der Waals surface area (Å²) >= 11 is 0. The number of amides is 3. The molecular formula is C22H30N4O3. The molecule has 3 heterocycles. The number of rotatable bonds is 7. The summed E-state index contributed by atoms with van der Waals surface area (Å²) < 4.78 is 0. The van der Waals surface area contributed by atoms with Crippen molar-refractivity contribution in [3.05, 3.63) is 34.9 Å². The van der Waals surface area contributed by atoms with Crippen LogP contribution in [0.25, 0.3) is 0 Å². The van der Waals surface area contributed by atoms with E-state index in [1.807, 2.05) is 12.1 Å². The second-order valence-corrected chi connectivity index (χ2v) is 8.36. The third-order valence-electron chi connectivity index (χ3n) is 6.42. The molecule has 0 spiro atoms. The second-order valence-electron chi connectivity index (χ2n) is 8.36. The number of nitrogens with zero attached hydrogens (tertiary/aromatic N) is 1. The predicted molar refractivity (Wildman–Crippen MR) is 109 cm³/mol. The molecule has 0 saturated carbocycles. The number of fused-ring (bicyclic) bond motifs is 1. The quantitative estimate of drug-likeness (QED) is 0.476. The highest BCUT2D eigenvalue weighted by Gasteiger charge is 2.39. The molecule has 156 valence electrons. The molecule has 1 atom stereocenters. The van der Waals surface area contributed by atoms with Gasteiger partial charge >= 0.3 is 0 Å². The lowest BCUT2D eigenvalue weighted by Crippen LogP contribution is -2.52. The Bertz CT molecular complexity index is 788. The molecule has 3 aliphatic rings. The summed E-state index contributed by atoms with van der Waals surface area (Å²) in [6, 6.07) is 5.25. The molecule has 1 aromatic rings.